The molecule has 0 aliphatic carbocycles. The third-order valence-electron chi connectivity index (χ3n) is 3.89. The third kappa shape index (κ3) is 4.14. The summed E-state index contributed by atoms with van der Waals surface area (Å²) in [7, 11) is 0. The second kappa shape index (κ2) is 7.33. The highest BCUT2D eigenvalue weighted by atomic mass is 32.1. The van der Waals surface area contributed by atoms with E-state index < -0.39 is 11.6 Å². The minimum absolute atomic E-state index is 0.183. The first-order valence-corrected chi connectivity index (χ1v) is 8.50. The average Bonchev–Trinajstić information content (AvgIpc) is 3.00. The van der Waals surface area contributed by atoms with E-state index in [9.17, 15) is 18.7 Å². The molecule has 0 bridgehead atoms. The summed E-state index contributed by atoms with van der Waals surface area (Å²) in [4.78, 5) is 18.3. The number of nitrogens with one attached hydrogen (secondary N) is 1. The normalized spacial score (nSPS) is 16.3. The van der Waals surface area contributed by atoms with Crippen molar-refractivity contribution in [2.24, 2.45) is 0 Å². The molecule has 8 heteroatoms. The van der Waals surface area contributed by atoms with Gasteiger partial charge in [0.25, 0.3) is 0 Å². The maximum atomic E-state index is 13.3. The van der Waals surface area contributed by atoms with Crippen LogP contribution in [0.1, 0.15) is 12.8 Å². The Morgan fingerprint density at radius 1 is 1.33 bits per heavy atom. The van der Waals surface area contributed by atoms with Crippen LogP contribution >= 0.6 is 11.3 Å². The van der Waals surface area contributed by atoms with Crippen molar-refractivity contribution in [3.05, 3.63) is 35.2 Å². The van der Waals surface area contributed by atoms with Crippen LogP contribution in [0.15, 0.2) is 23.6 Å². The predicted molar refractivity (Wildman–Crippen MR) is 87.8 cm³/mol. The summed E-state index contributed by atoms with van der Waals surface area (Å²) >= 11 is 1.23. The SMILES string of the molecule is O=C(CN1CCC(O)CC1)Nc1nc(-c2ccc(F)c(F)c2)cs1. The summed E-state index contributed by atoms with van der Waals surface area (Å²) in [6.45, 7) is 1.62. The quantitative estimate of drug-likeness (QED) is 0.886. The molecule has 1 amide bonds. The zero-order valence-electron chi connectivity index (χ0n) is 12.8. The van der Waals surface area contributed by atoms with Crippen molar-refractivity contribution < 1.29 is 18.7 Å². The van der Waals surface area contributed by atoms with Gasteiger partial charge in [-0.1, -0.05) is 0 Å². The number of carbonyl (C=O) groups excluding carboxylic acids is 1. The number of carbonyl (C=O) groups is 1. The Bertz CT molecular complexity index is 730. The monoisotopic (exact) mass is 353 g/mol. The minimum Gasteiger partial charge on any atom is -0.393 e. The number of aliphatic hydroxyl groups excluding tert-OH is 1. The molecule has 1 aliphatic heterocycles. The Hall–Kier alpha value is -1.90. The van der Waals surface area contributed by atoms with Gasteiger partial charge in [-0.2, -0.15) is 0 Å². The molecular formula is C16H17F2N3O2S. The molecule has 1 aromatic heterocycles. The largest absolute Gasteiger partial charge is 0.393 e. The lowest BCUT2D eigenvalue weighted by Crippen LogP contribution is -2.40. The van der Waals surface area contributed by atoms with Crippen LogP contribution in [0.4, 0.5) is 13.9 Å². The molecule has 2 aromatic rings. The Kier molecular flexibility index (Phi) is 5.17. The lowest BCUT2D eigenvalue weighted by Gasteiger charge is -2.28. The van der Waals surface area contributed by atoms with Crippen molar-refractivity contribution in [2.75, 3.05) is 25.0 Å². The summed E-state index contributed by atoms with van der Waals surface area (Å²) in [5, 5.41) is 14.3. The molecule has 0 unspecified atom stereocenters. The Labute approximate surface area is 141 Å². The highest BCUT2D eigenvalue weighted by Gasteiger charge is 2.19. The average molecular weight is 353 g/mol. The maximum absolute atomic E-state index is 13.3. The van der Waals surface area contributed by atoms with E-state index in [2.05, 4.69) is 10.3 Å². The van der Waals surface area contributed by atoms with Gasteiger partial charge in [0.15, 0.2) is 16.8 Å². The molecule has 2 N–H and O–H groups in total. The van der Waals surface area contributed by atoms with Gasteiger partial charge in [0.1, 0.15) is 0 Å². The number of hydrogen-bond donors (Lipinski definition) is 2. The van der Waals surface area contributed by atoms with Crippen molar-refractivity contribution in [1.82, 2.24) is 9.88 Å². The van der Waals surface area contributed by atoms with Gasteiger partial charge in [0.2, 0.25) is 5.91 Å². The molecular weight excluding hydrogens is 336 g/mol. The number of hydrogen-bond acceptors (Lipinski definition) is 5. The summed E-state index contributed by atoms with van der Waals surface area (Å²) in [5.41, 5.74) is 0.936. The molecule has 1 aliphatic rings. The molecule has 1 saturated heterocycles. The first-order chi connectivity index (χ1) is 11.5. The van der Waals surface area contributed by atoms with Crippen LogP contribution in [0.5, 0.6) is 0 Å². The van der Waals surface area contributed by atoms with Gasteiger partial charge < -0.3 is 10.4 Å². The first kappa shape index (κ1) is 16.9. The molecule has 0 spiro atoms. The number of amides is 1. The third-order valence-corrected chi connectivity index (χ3v) is 4.65. The predicted octanol–water partition coefficient (Wildman–Crippen LogP) is 2.48. The lowest BCUT2D eigenvalue weighted by atomic mass is 10.1. The van der Waals surface area contributed by atoms with Gasteiger partial charge in [0.05, 0.1) is 18.3 Å². The molecule has 1 aromatic carbocycles. The van der Waals surface area contributed by atoms with E-state index in [0.29, 0.717) is 42.3 Å². The van der Waals surface area contributed by atoms with E-state index in [-0.39, 0.29) is 18.6 Å². The smallest absolute Gasteiger partial charge is 0.240 e. The van der Waals surface area contributed by atoms with Crippen molar-refractivity contribution in [1.29, 1.82) is 0 Å². The van der Waals surface area contributed by atoms with Gasteiger partial charge in [-0.05, 0) is 31.0 Å². The minimum atomic E-state index is -0.932. The summed E-state index contributed by atoms with van der Waals surface area (Å²) in [6.07, 6.45) is 1.07. The van der Waals surface area contributed by atoms with E-state index in [0.717, 1.165) is 12.1 Å². The maximum Gasteiger partial charge on any atom is 0.240 e. The van der Waals surface area contributed by atoms with Gasteiger partial charge in [-0.25, -0.2) is 13.8 Å². The molecule has 5 nitrogen and oxygen atoms in total. The zero-order chi connectivity index (χ0) is 17.1. The standard InChI is InChI=1S/C16H17F2N3O2S/c17-12-2-1-10(7-13(12)18)14-9-24-16(19-14)20-15(23)8-21-5-3-11(22)4-6-21/h1-2,7,9,11,22H,3-6,8H2,(H,19,20,23). The molecule has 0 radical (unpaired) electrons. The Morgan fingerprint density at radius 3 is 2.79 bits per heavy atom. The number of likely N-dealkylation sites (tertiary alicyclic amines) is 1. The van der Waals surface area contributed by atoms with Crippen LogP contribution in [0.2, 0.25) is 0 Å². The van der Waals surface area contributed by atoms with Gasteiger partial charge in [0, 0.05) is 24.0 Å². The molecule has 128 valence electrons. The fourth-order valence-electron chi connectivity index (χ4n) is 2.56. The first-order valence-electron chi connectivity index (χ1n) is 7.62. The van der Waals surface area contributed by atoms with Crippen molar-refractivity contribution >= 4 is 22.4 Å². The number of rotatable bonds is 4. The number of halogens is 2. The van der Waals surface area contributed by atoms with Crippen LogP contribution < -0.4 is 5.32 Å². The topological polar surface area (TPSA) is 65.5 Å². The number of thiazole rings is 1. The molecule has 1 fully saturated rings. The highest BCUT2D eigenvalue weighted by Crippen LogP contribution is 2.26. The van der Waals surface area contributed by atoms with Gasteiger partial charge in [-0.15, -0.1) is 11.3 Å². The fraction of sp³-hybridized carbons (Fsp3) is 0.375. The number of aromatic nitrogens is 1. The van der Waals surface area contributed by atoms with E-state index >= 15 is 0 Å². The second-order valence-electron chi connectivity index (χ2n) is 5.72. The molecule has 3 rings (SSSR count). The van der Waals surface area contributed by atoms with Crippen LogP contribution in [-0.2, 0) is 4.79 Å². The van der Waals surface area contributed by atoms with Crippen LogP contribution in [0, 0.1) is 11.6 Å². The number of aliphatic hydroxyl groups is 1. The molecule has 2 heterocycles. The number of anilines is 1. The van der Waals surface area contributed by atoms with E-state index in [1.807, 2.05) is 4.90 Å². The molecule has 24 heavy (non-hydrogen) atoms. The second-order valence-corrected chi connectivity index (χ2v) is 6.58. The van der Waals surface area contributed by atoms with E-state index in [1.54, 1.807) is 5.38 Å². The van der Waals surface area contributed by atoms with E-state index in [4.69, 9.17) is 0 Å². The van der Waals surface area contributed by atoms with E-state index in [1.165, 1.54) is 17.4 Å². The fourth-order valence-corrected chi connectivity index (χ4v) is 3.29. The van der Waals surface area contributed by atoms with Gasteiger partial charge in [-0.3, -0.25) is 9.69 Å². The Balaban J connectivity index is 1.59. The summed E-state index contributed by atoms with van der Waals surface area (Å²) < 4.78 is 26.2. The number of benzene rings is 1. The molecule has 0 saturated carbocycles. The van der Waals surface area contributed by atoms with Crippen LogP contribution in [0.25, 0.3) is 11.3 Å². The number of piperidine rings is 1. The highest BCUT2D eigenvalue weighted by molar-refractivity contribution is 7.14. The molecule has 0 atom stereocenters. The Morgan fingerprint density at radius 2 is 2.08 bits per heavy atom. The van der Waals surface area contributed by atoms with Gasteiger partial charge >= 0.3 is 0 Å². The van der Waals surface area contributed by atoms with Crippen molar-refractivity contribution in [2.45, 2.75) is 18.9 Å². The summed E-state index contributed by atoms with van der Waals surface area (Å²) in [5.74, 6) is -2.02. The van der Waals surface area contributed by atoms with Crippen molar-refractivity contribution in [3.63, 3.8) is 0 Å². The summed E-state index contributed by atoms with van der Waals surface area (Å²) in [6, 6.07) is 3.57. The van der Waals surface area contributed by atoms with Crippen molar-refractivity contribution in [3.8, 4) is 11.3 Å². The number of nitrogens with zero attached hydrogens (tertiary/aromatic N) is 2. The van der Waals surface area contributed by atoms with Crippen LogP contribution in [0.3, 0.4) is 0 Å². The van der Waals surface area contributed by atoms with Crippen LogP contribution in [-0.4, -0.2) is 46.6 Å². The zero-order valence-corrected chi connectivity index (χ0v) is 13.7. The lowest BCUT2D eigenvalue weighted by molar-refractivity contribution is -0.117.